The quantitative estimate of drug-likeness (QED) is 0.499. The molecule has 4 N–H and O–H groups in total. The van der Waals surface area contributed by atoms with Crippen LogP contribution in [0.4, 0.5) is 11.6 Å². The summed E-state index contributed by atoms with van der Waals surface area (Å²) in [5, 5.41) is 9.83. The minimum Gasteiger partial charge on any atom is -0.389 e. The van der Waals surface area contributed by atoms with Gasteiger partial charge in [0.25, 0.3) is 0 Å². The molecule has 1 aromatic rings. The Kier molecular flexibility index (Phi) is 6.12. The monoisotopic (exact) mass is 283 g/mol. The van der Waals surface area contributed by atoms with E-state index in [9.17, 15) is 5.11 Å². The molecule has 0 saturated carbocycles. The van der Waals surface area contributed by atoms with E-state index in [0.29, 0.717) is 18.2 Å². The molecule has 0 fully saturated rings. The highest BCUT2D eigenvalue weighted by Crippen LogP contribution is 2.24. The van der Waals surface area contributed by atoms with E-state index in [1.165, 1.54) is 0 Å². The van der Waals surface area contributed by atoms with Gasteiger partial charge in [-0.3, -0.25) is 0 Å². The van der Waals surface area contributed by atoms with Gasteiger partial charge < -0.3 is 20.2 Å². The second kappa shape index (κ2) is 7.37. The van der Waals surface area contributed by atoms with E-state index < -0.39 is 6.10 Å². The molecule has 0 radical (unpaired) electrons. The summed E-state index contributed by atoms with van der Waals surface area (Å²) in [7, 11) is 3.44. The standard InChI is InChI=1S/C13H25N5O2/c1-8(2)11-15-12(17-14)9(3)13(16-11)18(4)6-10(19)7-20-5/h8,10,19H,6-7,14H2,1-5H3,(H,15,16,17). The van der Waals surface area contributed by atoms with Gasteiger partial charge in [0.05, 0.1) is 12.7 Å². The highest BCUT2D eigenvalue weighted by Gasteiger charge is 2.17. The first-order valence-corrected chi connectivity index (χ1v) is 6.64. The van der Waals surface area contributed by atoms with Crippen molar-refractivity contribution in [3.63, 3.8) is 0 Å². The van der Waals surface area contributed by atoms with E-state index >= 15 is 0 Å². The van der Waals surface area contributed by atoms with Gasteiger partial charge in [-0.15, -0.1) is 0 Å². The molecule has 1 aromatic heterocycles. The summed E-state index contributed by atoms with van der Waals surface area (Å²) < 4.78 is 4.94. The summed E-state index contributed by atoms with van der Waals surface area (Å²) in [6, 6.07) is 0. The molecule has 1 rings (SSSR count). The van der Waals surface area contributed by atoms with Gasteiger partial charge in [-0.25, -0.2) is 15.8 Å². The van der Waals surface area contributed by atoms with Crippen LogP contribution in [0.1, 0.15) is 31.2 Å². The molecule has 0 bridgehead atoms. The maximum atomic E-state index is 9.83. The van der Waals surface area contributed by atoms with E-state index in [2.05, 4.69) is 15.4 Å². The lowest BCUT2D eigenvalue weighted by molar-refractivity contribution is 0.0694. The van der Waals surface area contributed by atoms with Crippen LogP contribution >= 0.6 is 0 Å². The second-order valence-electron chi connectivity index (χ2n) is 5.17. The zero-order valence-corrected chi connectivity index (χ0v) is 12.8. The number of ether oxygens (including phenoxy) is 1. The van der Waals surface area contributed by atoms with Crippen LogP contribution in [0.25, 0.3) is 0 Å². The lowest BCUT2D eigenvalue weighted by atomic mass is 10.2. The van der Waals surface area contributed by atoms with E-state index in [-0.39, 0.29) is 12.5 Å². The van der Waals surface area contributed by atoms with Crippen LogP contribution in [0, 0.1) is 6.92 Å². The fourth-order valence-electron chi connectivity index (χ4n) is 1.94. The molecule has 1 atom stereocenters. The van der Waals surface area contributed by atoms with E-state index in [1.807, 2.05) is 32.7 Å². The lowest BCUT2D eigenvalue weighted by Gasteiger charge is -2.24. The summed E-state index contributed by atoms with van der Waals surface area (Å²) in [4.78, 5) is 10.8. The summed E-state index contributed by atoms with van der Waals surface area (Å²) in [6.07, 6.45) is -0.573. The number of hydrogen-bond donors (Lipinski definition) is 3. The topological polar surface area (TPSA) is 96.5 Å². The smallest absolute Gasteiger partial charge is 0.148 e. The van der Waals surface area contributed by atoms with Crippen molar-refractivity contribution < 1.29 is 9.84 Å². The number of methoxy groups -OCH3 is 1. The van der Waals surface area contributed by atoms with Gasteiger partial charge in [-0.05, 0) is 6.92 Å². The van der Waals surface area contributed by atoms with E-state index in [4.69, 9.17) is 10.6 Å². The first-order valence-electron chi connectivity index (χ1n) is 6.64. The number of nitrogens with two attached hydrogens (primary N) is 1. The fourth-order valence-corrected chi connectivity index (χ4v) is 1.94. The molecule has 7 nitrogen and oxygen atoms in total. The van der Waals surface area contributed by atoms with Crippen molar-refractivity contribution >= 4 is 11.6 Å². The summed E-state index contributed by atoms with van der Waals surface area (Å²) in [5.74, 6) is 7.78. The van der Waals surface area contributed by atoms with Crippen LogP contribution < -0.4 is 16.2 Å². The highest BCUT2D eigenvalue weighted by atomic mass is 16.5. The van der Waals surface area contributed by atoms with Crippen molar-refractivity contribution in [3.8, 4) is 0 Å². The molecule has 0 amide bonds. The fraction of sp³-hybridized carbons (Fsp3) is 0.692. The largest absolute Gasteiger partial charge is 0.389 e. The molecule has 0 aromatic carbocycles. The number of nitrogens with one attached hydrogen (secondary N) is 1. The number of aliphatic hydroxyl groups excluding tert-OH is 1. The Morgan fingerprint density at radius 2 is 2.05 bits per heavy atom. The van der Waals surface area contributed by atoms with Gasteiger partial charge >= 0.3 is 0 Å². The Bertz CT molecular complexity index is 439. The molecule has 1 heterocycles. The Balaban J connectivity index is 3.05. The normalized spacial score (nSPS) is 12.6. The predicted molar refractivity (Wildman–Crippen MR) is 79.8 cm³/mol. The number of likely N-dealkylation sites (N-methyl/N-ethyl adjacent to an activating group) is 1. The minimum absolute atomic E-state index is 0.193. The summed E-state index contributed by atoms with van der Waals surface area (Å²) in [6.45, 7) is 6.65. The molecule has 0 saturated heterocycles. The third-order valence-corrected chi connectivity index (χ3v) is 3.00. The number of nitrogens with zero attached hydrogens (tertiary/aromatic N) is 3. The minimum atomic E-state index is -0.573. The SMILES string of the molecule is COCC(O)CN(C)c1nc(C(C)C)nc(NN)c1C. The zero-order chi connectivity index (χ0) is 15.3. The highest BCUT2D eigenvalue weighted by molar-refractivity contribution is 5.58. The molecule has 0 aliphatic rings. The molecule has 0 spiro atoms. The Morgan fingerprint density at radius 3 is 2.55 bits per heavy atom. The van der Waals surface area contributed by atoms with E-state index in [0.717, 1.165) is 11.4 Å². The lowest BCUT2D eigenvalue weighted by Crippen LogP contribution is -2.33. The average Bonchev–Trinajstić information content (AvgIpc) is 2.38. The Labute approximate surface area is 120 Å². The number of hydrogen-bond acceptors (Lipinski definition) is 7. The molecular formula is C13H25N5O2. The Morgan fingerprint density at radius 1 is 1.40 bits per heavy atom. The zero-order valence-electron chi connectivity index (χ0n) is 12.8. The van der Waals surface area contributed by atoms with Gasteiger partial charge in [0.1, 0.15) is 17.5 Å². The van der Waals surface area contributed by atoms with Crippen molar-refractivity contribution in [2.45, 2.75) is 32.8 Å². The van der Waals surface area contributed by atoms with Crippen LogP contribution in [0.5, 0.6) is 0 Å². The molecule has 0 aliphatic heterocycles. The van der Waals surface area contributed by atoms with Crippen molar-refractivity contribution in [1.29, 1.82) is 0 Å². The van der Waals surface area contributed by atoms with Crippen LogP contribution in [-0.2, 0) is 4.74 Å². The Hall–Kier alpha value is -1.44. The molecular weight excluding hydrogens is 258 g/mol. The van der Waals surface area contributed by atoms with Gasteiger partial charge in [-0.2, -0.15) is 0 Å². The molecule has 1 unspecified atom stereocenters. The van der Waals surface area contributed by atoms with E-state index in [1.54, 1.807) is 7.11 Å². The van der Waals surface area contributed by atoms with Gasteiger partial charge in [-0.1, -0.05) is 13.8 Å². The van der Waals surface area contributed by atoms with Crippen molar-refractivity contribution in [2.24, 2.45) is 5.84 Å². The number of anilines is 2. The van der Waals surface area contributed by atoms with Crippen molar-refractivity contribution in [2.75, 3.05) is 37.6 Å². The van der Waals surface area contributed by atoms with Crippen LogP contribution in [0.3, 0.4) is 0 Å². The van der Waals surface area contributed by atoms with Crippen molar-refractivity contribution in [1.82, 2.24) is 9.97 Å². The van der Waals surface area contributed by atoms with Crippen LogP contribution in [0.15, 0.2) is 0 Å². The number of aliphatic hydroxyl groups is 1. The molecule has 114 valence electrons. The van der Waals surface area contributed by atoms with Gasteiger partial charge in [0.15, 0.2) is 0 Å². The predicted octanol–water partition coefficient (Wildman–Crippen LogP) is 0.638. The molecule has 20 heavy (non-hydrogen) atoms. The van der Waals surface area contributed by atoms with Crippen LogP contribution in [-0.4, -0.2) is 48.5 Å². The second-order valence-corrected chi connectivity index (χ2v) is 5.17. The maximum absolute atomic E-state index is 9.83. The third-order valence-electron chi connectivity index (χ3n) is 3.00. The molecule has 7 heteroatoms. The van der Waals surface area contributed by atoms with Crippen LogP contribution in [0.2, 0.25) is 0 Å². The number of hydrazine groups is 1. The maximum Gasteiger partial charge on any atom is 0.148 e. The summed E-state index contributed by atoms with van der Waals surface area (Å²) in [5.41, 5.74) is 3.45. The summed E-state index contributed by atoms with van der Waals surface area (Å²) >= 11 is 0. The number of aromatic nitrogens is 2. The average molecular weight is 283 g/mol. The third kappa shape index (κ3) is 4.03. The first kappa shape index (κ1) is 16.6. The van der Waals surface area contributed by atoms with Gasteiger partial charge in [0.2, 0.25) is 0 Å². The number of rotatable bonds is 7. The first-order chi connectivity index (χ1) is 9.40. The number of nitrogen functional groups attached to an aromatic ring is 1. The molecule has 0 aliphatic carbocycles. The van der Waals surface area contributed by atoms with Gasteiger partial charge in [0, 0.05) is 32.2 Å². The van der Waals surface area contributed by atoms with Crippen molar-refractivity contribution in [3.05, 3.63) is 11.4 Å².